The van der Waals surface area contributed by atoms with Crippen LogP contribution in [0.3, 0.4) is 0 Å². The Balaban J connectivity index is 0.000000132. The van der Waals surface area contributed by atoms with Crippen molar-refractivity contribution >= 4 is 54.6 Å². The molecule has 0 saturated heterocycles. The zero-order valence-electron chi connectivity index (χ0n) is 73.6. The Hall–Kier alpha value is -17.6. The van der Waals surface area contributed by atoms with Gasteiger partial charge in [0.05, 0.1) is 44.4 Å². The molecule has 4 spiro atoms. The highest BCUT2D eigenvalue weighted by Gasteiger charge is 2.62. The molecule has 0 unspecified atom stereocenters. The van der Waals surface area contributed by atoms with Gasteiger partial charge in [-0.15, -0.1) is 0 Å². The molecule has 6 heteroatoms. The van der Waals surface area contributed by atoms with Gasteiger partial charge in [-0.05, 0) is 222 Å². The van der Waals surface area contributed by atoms with Crippen molar-refractivity contribution in [1.29, 1.82) is 0 Å². The second-order valence-corrected chi connectivity index (χ2v) is 37.0. The van der Waals surface area contributed by atoms with Gasteiger partial charge < -0.3 is 8.83 Å². The monoisotopic (exact) mass is 1730 g/mol. The van der Waals surface area contributed by atoms with Gasteiger partial charge in [0.1, 0.15) is 22.3 Å². The highest BCUT2D eigenvalue weighted by Crippen LogP contribution is 2.71. The van der Waals surface area contributed by atoms with E-state index >= 15 is 0 Å². The number of furan rings is 2. The summed E-state index contributed by atoms with van der Waals surface area (Å²) in [5.41, 5.74) is 44.1. The lowest BCUT2D eigenvalue weighted by Crippen LogP contribution is -2.43. The van der Waals surface area contributed by atoms with Crippen LogP contribution in [-0.4, -0.2) is 19.9 Å². The number of benzene rings is 20. The predicted molar refractivity (Wildman–Crippen MR) is 551 cm³/mol. The fourth-order valence-electron chi connectivity index (χ4n) is 25.1. The molecule has 0 radical (unpaired) electrons. The smallest absolute Gasteiger partial charge is 0.160 e. The summed E-state index contributed by atoms with van der Waals surface area (Å²) in [6.07, 6.45) is 0. The Bertz CT molecular complexity index is 8950. The van der Waals surface area contributed by atoms with Crippen LogP contribution in [0.5, 0.6) is 0 Å². The lowest BCUT2D eigenvalue weighted by atomic mass is 9.52. The minimum atomic E-state index is -0.655. The van der Waals surface area contributed by atoms with Crippen molar-refractivity contribution in [2.75, 3.05) is 0 Å². The molecule has 20 aromatic carbocycles. The Morgan fingerprint density at radius 2 is 0.419 bits per heavy atom. The lowest BCUT2D eigenvalue weighted by molar-refractivity contribution is 0.633. The van der Waals surface area contributed by atoms with E-state index in [4.69, 9.17) is 28.8 Å². The van der Waals surface area contributed by atoms with E-state index in [-0.39, 0.29) is 0 Å². The molecule has 0 saturated carbocycles. The van der Waals surface area contributed by atoms with Gasteiger partial charge in [0.25, 0.3) is 0 Å². The zero-order chi connectivity index (χ0) is 89.1. The Labute approximate surface area is 785 Å². The van der Waals surface area contributed by atoms with Crippen molar-refractivity contribution in [3.63, 3.8) is 0 Å². The van der Waals surface area contributed by atoms with Crippen molar-refractivity contribution in [3.05, 3.63) is 562 Å². The molecule has 6 nitrogen and oxygen atoms in total. The second-order valence-electron chi connectivity index (χ2n) is 37.0. The summed E-state index contributed by atoms with van der Waals surface area (Å²) < 4.78 is 13.4. The van der Waals surface area contributed by atoms with Crippen molar-refractivity contribution in [2.45, 2.75) is 21.7 Å². The number of nitrogens with zero attached hydrogens (tertiary/aromatic N) is 4. The van der Waals surface area contributed by atoms with Gasteiger partial charge in [-0.25, -0.2) is 19.9 Å². The first kappa shape index (κ1) is 76.2. The molecule has 30 rings (SSSR count). The summed E-state index contributed by atoms with van der Waals surface area (Å²) >= 11 is 0. The number of para-hydroxylation sites is 2. The summed E-state index contributed by atoms with van der Waals surface area (Å²) in [4.78, 5) is 20.8. The van der Waals surface area contributed by atoms with Crippen LogP contribution in [0.2, 0.25) is 0 Å². The average Bonchev–Trinajstić information content (AvgIpc) is 1.47. The Morgan fingerprint density at radius 3 is 0.838 bits per heavy atom. The summed E-state index contributed by atoms with van der Waals surface area (Å²) in [5, 5.41) is 6.85. The van der Waals surface area contributed by atoms with E-state index in [9.17, 15) is 0 Å². The third-order valence-electron chi connectivity index (χ3n) is 30.6. The lowest BCUT2D eigenvalue weighted by Gasteiger charge is -2.48. The van der Waals surface area contributed by atoms with Crippen molar-refractivity contribution in [2.24, 2.45) is 0 Å². The van der Waals surface area contributed by atoms with Crippen LogP contribution in [0.25, 0.3) is 178 Å². The molecule has 630 valence electrons. The standard InChI is InChI=1S/C66H40N2O.C64H38N2O/c1-3-17-42(18-4-1)60-40-61(68-64(67-60)44-19-5-2-6-20-44)43-33-31-41(32-34-43)45-35-36-54-49(37-45)50-39-63-51(48-23-9-16-30-62(48)69-63)38-59(50)66(54)57-28-14-12-26-55(57)65(56-27-13-15-29-58(56)66)52-24-10-7-21-46(52)47-22-8-11-25-53(47)65;1-2-17-40(18-3-1)58-38-59(66-62(65-58)43-31-30-39-16-4-5-19-41(39)34-43)42-32-33-52-47(35-42)48-37-61-49(46-22-8-15-29-60(46)67-61)36-57(48)64(52)55-27-13-11-25-53(55)63(54-26-12-14-28-56(54)64)50-23-9-6-20-44(50)45-21-7-10-24-51(45)63/h1-40H;1-38H. The van der Waals surface area contributed by atoms with Crippen LogP contribution in [0.4, 0.5) is 0 Å². The maximum atomic E-state index is 6.72. The van der Waals surface area contributed by atoms with E-state index in [0.29, 0.717) is 11.6 Å². The number of fused-ring (bicyclic) bond motifs is 39. The molecule has 6 aliphatic carbocycles. The highest BCUT2D eigenvalue weighted by molar-refractivity contribution is 6.11. The SMILES string of the molecule is c1ccc(-c2cc(-c3ccc(-c4ccc5c(c4)-c4cc6oc7ccccc7c6cc4C54c5ccccc5C5(c6ccccc6-c6ccccc65)c5ccccc54)cc3)nc(-c3ccccc3)n2)cc1.c1ccc(-c2cc(-c3ccc4c(c3)-c3cc5oc6ccccc6c5cc3C43c4ccccc4C4(c5ccccc5-c5ccccc54)c4ccccc43)nc(-c3ccc4ccccc4c3)n2)cc1. The van der Waals surface area contributed by atoms with Crippen molar-refractivity contribution in [3.8, 4) is 123 Å². The van der Waals surface area contributed by atoms with Crippen molar-refractivity contribution in [1.82, 2.24) is 19.9 Å². The van der Waals surface area contributed by atoms with E-state index < -0.39 is 21.7 Å². The van der Waals surface area contributed by atoms with Gasteiger partial charge in [-0.2, -0.15) is 0 Å². The minimum absolute atomic E-state index is 0.504. The van der Waals surface area contributed by atoms with Gasteiger partial charge in [-0.1, -0.05) is 406 Å². The topological polar surface area (TPSA) is 77.8 Å². The van der Waals surface area contributed by atoms with E-state index in [1.165, 1.54) is 139 Å². The number of hydrogen-bond acceptors (Lipinski definition) is 6. The van der Waals surface area contributed by atoms with Crippen LogP contribution in [0.1, 0.15) is 89.0 Å². The maximum Gasteiger partial charge on any atom is 0.160 e. The van der Waals surface area contributed by atoms with Crippen molar-refractivity contribution < 1.29 is 8.83 Å². The highest BCUT2D eigenvalue weighted by atomic mass is 16.3. The fourth-order valence-corrected chi connectivity index (χ4v) is 25.1. The molecule has 0 fully saturated rings. The molecule has 0 N–H and O–H groups in total. The predicted octanol–water partition coefficient (Wildman–Crippen LogP) is 31.7. The van der Waals surface area contributed by atoms with Crippen LogP contribution in [0, 0.1) is 0 Å². The van der Waals surface area contributed by atoms with Crippen LogP contribution >= 0.6 is 0 Å². The van der Waals surface area contributed by atoms with E-state index in [0.717, 1.165) is 117 Å². The fraction of sp³-hybridized carbons (Fsp3) is 0.0308. The van der Waals surface area contributed by atoms with E-state index in [2.05, 4.69) is 449 Å². The number of aromatic nitrogens is 4. The molecule has 0 atom stereocenters. The second kappa shape index (κ2) is 29.0. The van der Waals surface area contributed by atoms with Gasteiger partial charge in [0.2, 0.25) is 0 Å². The minimum Gasteiger partial charge on any atom is -0.456 e. The molecular weight excluding hydrogens is 1650 g/mol. The summed E-state index contributed by atoms with van der Waals surface area (Å²) in [5.74, 6) is 1.40. The molecule has 4 heterocycles. The van der Waals surface area contributed by atoms with E-state index in [1.54, 1.807) is 0 Å². The molecule has 24 aromatic rings. The first-order chi connectivity index (χ1) is 67.4. The molecule has 4 aromatic heterocycles. The largest absolute Gasteiger partial charge is 0.456 e. The maximum absolute atomic E-state index is 6.72. The molecular formula is C130H78N4O2. The molecule has 0 amide bonds. The molecule has 0 aliphatic heterocycles. The van der Waals surface area contributed by atoms with Crippen LogP contribution < -0.4 is 0 Å². The number of rotatable bonds is 7. The average molecular weight is 1730 g/mol. The van der Waals surface area contributed by atoms with Crippen LogP contribution in [0.15, 0.2) is 482 Å². The third-order valence-corrected chi connectivity index (χ3v) is 30.6. The summed E-state index contributed by atoms with van der Waals surface area (Å²) in [7, 11) is 0. The molecule has 6 aliphatic rings. The zero-order valence-corrected chi connectivity index (χ0v) is 73.6. The Morgan fingerprint density at radius 1 is 0.140 bits per heavy atom. The van der Waals surface area contributed by atoms with Gasteiger partial charge in [0.15, 0.2) is 11.6 Å². The molecule has 136 heavy (non-hydrogen) atoms. The quantitative estimate of drug-likeness (QED) is 0.158. The van der Waals surface area contributed by atoms with E-state index in [1.807, 2.05) is 24.3 Å². The summed E-state index contributed by atoms with van der Waals surface area (Å²) in [6, 6.07) is 173. The number of hydrogen-bond donors (Lipinski definition) is 0. The Kier molecular flexibility index (Phi) is 16.2. The normalized spacial score (nSPS) is 14.1. The third kappa shape index (κ3) is 10.5. The first-order valence-corrected chi connectivity index (χ1v) is 46.9. The first-order valence-electron chi connectivity index (χ1n) is 46.9. The molecule has 0 bridgehead atoms. The van der Waals surface area contributed by atoms with Gasteiger partial charge >= 0.3 is 0 Å². The summed E-state index contributed by atoms with van der Waals surface area (Å²) in [6.45, 7) is 0. The van der Waals surface area contributed by atoms with Crippen LogP contribution in [-0.2, 0) is 21.7 Å². The van der Waals surface area contributed by atoms with Gasteiger partial charge in [-0.3, -0.25) is 0 Å². The van der Waals surface area contributed by atoms with Gasteiger partial charge in [0, 0.05) is 54.9 Å².